The highest BCUT2D eigenvalue weighted by atomic mass is 32.2. The Morgan fingerprint density at radius 2 is 2.15 bits per heavy atom. The van der Waals surface area contributed by atoms with Gasteiger partial charge in [0.2, 0.25) is 0 Å². The standard InChI is InChI=1S/C14H20N2O3S/c1-16(8-9-20(2,18)19)14(17)12-5-6-13-11(10-12)4-3-7-15-13/h5-6,10,15H,3-4,7-9H2,1-2H3. The number of aryl methyl sites for hydroxylation is 1. The normalized spacial score (nSPS) is 14.3. The van der Waals surface area contributed by atoms with E-state index in [1.807, 2.05) is 12.1 Å². The number of hydrogen-bond acceptors (Lipinski definition) is 4. The lowest BCUT2D eigenvalue weighted by Crippen LogP contribution is -2.31. The third kappa shape index (κ3) is 3.72. The molecule has 1 heterocycles. The number of nitrogens with one attached hydrogen (secondary N) is 1. The lowest BCUT2D eigenvalue weighted by Gasteiger charge is -2.21. The van der Waals surface area contributed by atoms with E-state index in [0.29, 0.717) is 5.56 Å². The molecule has 0 radical (unpaired) electrons. The lowest BCUT2D eigenvalue weighted by molar-refractivity contribution is 0.0803. The summed E-state index contributed by atoms with van der Waals surface area (Å²) in [6.45, 7) is 1.18. The van der Waals surface area contributed by atoms with Gasteiger partial charge in [-0.2, -0.15) is 0 Å². The lowest BCUT2D eigenvalue weighted by atomic mass is 10.0. The molecule has 0 atom stereocenters. The smallest absolute Gasteiger partial charge is 0.253 e. The first-order chi connectivity index (χ1) is 9.37. The van der Waals surface area contributed by atoms with E-state index >= 15 is 0 Å². The monoisotopic (exact) mass is 296 g/mol. The second-order valence-corrected chi connectivity index (χ2v) is 7.52. The molecule has 0 bridgehead atoms. The fourth-order valence-electron chi connectivity index (χ4n) is 2.23. The van der Waals surface area contributed by atoms with Crippen LogP contribution in [0.3, 0.4) is 0 Å². The van der Waals surface area contributed by atoms with Gasteiger partial charge < -0.3 is 10.2 Å². The summed E-state index contributed by atoms with van der Waals surface area (Å²) in [6, 6.07) is 5.61. The van der Waals surface area contributed by atoms with Gasteiger partial charge >= 0.3 is 0 Å². The third-order valence-electron chi connectivity index (χ3n) is 3.43. The number of anilines is 1. The summed E-state index contributed by atoms with van der Waals surface area (Å²) in [4.78, 5) is 13.7. The molecular formula is C14H20N2O3S. The first kappa shape index (κ1) is 14.8. The van der Waals surface area contributed by atoms with E-state index in [4.69, 9.17) is 0 Å². The molecular weight excluding hydrogens is 276 g/mol. The topological polar surface area (TPSA) is 66.5 Å². The number of carbonyl (C=O) groups excluding carboxylic acids is 1. The quantitative estimate of drug-likeness (QED) is 0.905. The molecule has 0 saturated heterocycles. The summed E-state index contributed by atoms with van der Waals surface area (Å²) < 4.78 is 22.3. The van der Waals surface area contributed by atoms with E-state index < -0.39 is 9.84 Å². The minimum absolute atomic E-state index is 0.0122. The molecule has 2 rings (SSSR count). The fraction of sp³-hybridized carbons (Fsp3) is 0.500. The molecule has 0 spiro atoms. The number of hydrogen-bond donors (Lipinski definition) is 1. The Hall–Kier alpha value is -1.56. The number of nitrogens with zero attached hydrogens (tertiary/aromatic N) is 1. The maximum atomic E-state index is 12.3. The Morgan fingerprint density at radius 3 is 2.85 bits per heavy atom. The van der Waals surface area contributed by atoms with E-state index in [1.165, 1.54) is 11.2 Å². The van der Waals surface area contributed by atoms with Crippen LogP contribution in [0.15, 0.2) is 18.2 Å². The third-order valence-corrected chi connectivity index (χ3v) is 4.36. The van der Waals surface area contributed by atoms with Crippen molar-refractivity contribution >= 4 is 21.4 Å². The van der Waals surface area contributed by atoms with Crippen LogP contribution in [0.25, 0.3) is 0 Å². The van der Waals surface area contributed by atoms with Crippen molar-refractivity contribution in [2.24, 2.45) is 0 Å². The Labute approximate surface area is 119 Å². The molecule has 0 saturated carbocycles. The van der Waals surface area contributed by atoms with Crippen molar-refractivity contribution in [3.05, 3.63) is 29.3 Å². The Kier molecular flexibility index (Phi) is 4.32. The molecule has 1 amide bonds. The summed E-state index contributed by atoms with van der Waals surface area (Å²) >= 11 is 0. The first-order valence-electron chi connectivity index (χ1n) is 6.67. The van der Waals surface area contributed by atoms with Crippen molar-refractivity contribution < 1.29 is 13.2 Å². The maximum absolute atomic E-state index is 12.3. The van der Waals surface area contributed by atoms with Crippen molar-refractivity contribution in [1.82, 2.24) is 4.90 Å². The van der Waals surface area contributed by atoms with Gasteiger partial charge in [0.25, 0.3) is 5.91 Å². The van der Waals surface area contributed by atoms with Gasteiger partial charge in [-0.15, -0.1) is 0 Å². The highest BCUT2D eigenvalue weighted by Gasteiger charge is 2.16. The highest BCUT2D eigenvalue weighted by molar-refractivity contribution is 7.90. The number of carbonyl (C=O) groups is 1. The van der Waals surface area contributed by atoms with Crippen LogP contribution in [-0.4, -0.2) is 51.4 Å². The first-order valence-corrected chi connectivity index (χ1v) is 8.73. The van der Waals surface area contributed by atoms with E-state index in [0.717, 1.165) is 30.6 Å². The van der Waals surface area contributed by atoms with Crippen LogP contribution in [0.2, 0.25) is 0 Å². The van der Waals surface area contributed by atoms with E-state index in [1.54, 1.807) is 13.1 Å². The zero-order valence-corrected chi connectivity index (χ0v) is 12.7. The number of fused-ring (bicyclic) bond motifs is 1. The van der Waals surface area contributed by atoms with Crippen molar-refractivity contribution in [2.45, 2.75) is 12.8 Å². The fourth-order valence-corrected chi connectivity index (χ4v) is 2.84. The van der Waals surface area contributed by atoms with Crippen LogP contribution >= 0.6 is 0 Å². The molecule has 1 N–H and O–H groups in total. The van der Waals surface area contributed by atoms with Crippen molar-refractivity contribution in [1.29, 1.82) is 0 Å². The maximum Gasteiger partial charge on any atom is 0.253 e. The molecule has 6 heteroatoms. The van der Waals surface area contributed by atoms with E-state index in [2.05, 4.69) is 5.32 Å². The second-order valence-electron chi connectivity index (χ2n) is 5.26. The van der Waals surface area contributed by atoms with Gasteiger partial charge in [-0.05, 0) is 36.6 Å². The van der Waals surface area contributed by atoms with Crippen molar-refractivity contribution in [2.75, 3.05) is 37.5 Å². The summed E-state index contributed by atoms with van der Waals surface area (Å²) in [5.41, 5.74) is 2.86. The Bertz CT molecular complexity index is 611. The van der Waals surface area contributed by atoms with Crippen LogP contribution in [0.5, 0.6) is 0 Å². The molecule has 0 fully saturated rings. The van der Waals surface area contributed by atoms with Gasteiger partial charge in [-0.25, -0.2) is 8.42 Å². The van der Waals surface area contributed by atoms with Crippen molar-refractivity contribution in [3.8, 4) is 0 Å². The molecule has 110 valence electrons. The average molecular weight is 296 g/mol. The van der Waals surface area contributed by atoms with Gasteiger partial charge in [-0.3, -0.25) is 4.79 Å². The molecule has 1 aliphatic rings. The predicted molar refractivity (Wildman–Crippen MR) is 79.9 cm³/mol. The summed E-state index contributed by atoms with van der Waals surface area (Å²) in [5.74, 6) is -0.149. The van der Waals surface area contributed by atoms with E-state index in [9.17, 15) is 13.2 Å². The average Bonchev–Trinajstić information content (AvgIpc) is 2.42. The summed E-state index contributed by atoms with van der Waals surface area (Å²) in [7, 11) is -1.42. The largest absolute Gasteiger partial charge is 0.385 e. The van der Waals surface area contributed by atoms with Crippen LogP contribution in [0, 0.1) is 0 Å². The molecule has 20 heavy (non-hydrogen) atoms. The predicted octanol–water partition coefficient (Wildman–Crippen LogP) is 1.16. The SMILES string of the molecule is CN(CCS(C)(=O)=O)C(=O)c1ccc2c(c1)CCCN2. The highest BCUT2D eigenvalue weighted by Crippen LogP contribution is 2.23. The van der Waals surface area contributed by atoms with Crippen LogP contribution in [0.4, 0.5) is 5.69 Å². The van der Waals surface area contributed by atoms with Gasteiger partial charge in [0.1, 0.15) is 9.84 Å². The minimum atomic E-state index is -3.05. The number of rotatable bonds is 4. The van der Waals surface area contributed by atoms with E-state index in [-0.39, 0.29) is 18.2 Å². The number of amides is 1. The Morgan fingerprint density at radius 1 is 1.40 bits per heavy atom. The van der Waals surface area contributed by atoms with Crippen LogP contribution in [-0.2, 0) is 16.3 Å². The van der Waals surface area contributed by atoms with Gasteiger partial charge in [-0.1, -0.05) is 0 Å². The number of sulfone groups is 1. The zero-order valence-electron chi connectivity index (χ0n) is 11.8. The number of benzene rings is 1. The zero-order chi connectivity index (χ0) is 14.8. The molecule has 0 unspecified atom stereocenters. The summed E-state index contributed by atoms with van der Waals surface area (Å²) in [6.07, 6.45) is 3.21. The molecule has 1 aromatic carbocycles. The minimum Gasteiger partial charge on any atom is -0.385 e. The summed E-state index contributed by atoms with van der Waals surface area (Å²) in [5, 5.41) is 3.30. The molecule has 0 aromatic heterocycles. The van der Waals surface area contributed by atoms with Gasteiger partial charge in [0, 0.05) is 37.6 Å². The van der Waals surface area contributed by atoms with Gasteiger partial charge in [0.05, 0.1) is 5.75 Å². The van der Waals surface area contributed by atoms with Crippen LogP contribution < -0.4 is 5.32 Å². The van der Waals surface area contributed by atoms with Crippen LogP contribution in [0.1, 0.15) is 22.3 Å². The van der Waals surface area contributed by atoms with Crippen molar-refractivity contribution in [3.63, 3.8) is 0 Å². The van der Waals surface area contributed by atoms with Gasteiger partial charge in [0.15, 0.2) is 0 Å². The molecule has 1 aromatic rings. The molecule has 0 aliphatic carbocycles. The second kappa shape index (κ2) is 5.83. The molecule has 5 nitrogen and oxygen atoms in total. The Balaban J connectivity index is 2.08. The molecule has 1 aliphatic heterocycles.